The first kappa shape index (κ1) is 14.8. The molecule has 1 heterocycles. The highest BCUT2D eigenvalue weighted by Crippen LogP contribution is 2.25. The lowest BCUT2D eigenvalue weighted by Crippen LogP contribution is -2.16. The van der Waals surface area contributed by atoms with Crippen LogP contribution in [0.25, 0.3) is 0 Å². The molecule has 2 aromatic rings. The number of hydrogen-bond donors (Lipinski definition) is 2. The number of ether oxygens (including phenoxy) is 1. The number of rotatable bonds is 6. The number of nitrogens with zero attached hydrogens (tertiary/aromatic N) is 1. The Morgan fingerprint density at radius 1 is 1.19 bits per heavy atom. The summed E-state index contributed by atoms with van der Waals surface area (Å²) in [6.07, 6.45) is 1.66. The molecule has 2 N–H and O–H groups in total. The van der Waals surface area contributed by atoms with E-state index in [4.69, 9.17) is 4.74 Å². The van der Waals surface area contributed by atoms with Crippen molar-refractivity contribution in [3.63, 3.8) is 0 Å². The van der Waals surface area contributed by atoms with E-state index in [1.807, 2.05) is 38.1 Å². The van der Waals surface area contributed by atoms with Gasteiger partial charge in [0.1, 0.15) is 11.6 Å². The van der Waals surface area contributed by atoms with Crippen LogP contribution in [0.4, 0.5) is 11.5 Å². The van der Waals surface area contributed by atoms with Gasteiger partial charge in [-0.15, -0.1) is 0 Å². The zero-order valence-electron chi connectivity index (χ0n) is 12.2. The molecule has 1 aromatic heterocycles. The summed E-state index contributed by atoms with van der Waals surface area (Å²) in [5, 5.41) is 5.95. The largest absolute Gasteiger partial charge is 0.492 e. The number of hydrogen-bond acceptors (Lipinski definition) is 4. The van der Waals surface area contributed by atoms with Crippen LogP contribution < -0.4 is 15.4 Å². The minimum absolute atomic E-state index is 0.216. The minimum Gasteiger partial charge on any atom is -0.492 e. The van der Waals surface area contributed by atoms with Gasteiger partial charge in [-0.25, -0.2) is 4.98 Å². The lowest BCUT2D eigenvalue weighted by Gasteiger charge is -2.13. The maximum atomic E-state index is 12.4. The average Bonchev–Trinajstić information content (AvgIpc) is 2.50. The van der Waals surface area contributed by atoms with Gasteiger partial charge in [0.05, 0.1) is 17.9 Å². The van der Waals surface area contributed by atoms with Crippen molar-refractivity contribution in [1.82, 2.24) is 4.98 Å². The lowest BCUT2D eigenvalue weighted by molar-refractivity contribution is 0.102. The first-order valence-electron chi connectivity index (χ1n) is 6.98. The fourth-order valence-corrected chi connectivity index (χ4v) is 1.94. The van der Waals surface area contributed by atoms with Crippen LogP contribution in [0.3, 0.4) is 0 Å². The van der Waals surface area contributed by atoms with Crippen molar-refractivity contribution in [3.8, 4) is 5.75 Å². The Balaban J connectivity index is 2.22. The van der Waals surface area contributed by atoms with Crippen LogP contribution >= 0.6 is 0 Å². The van der Waals surface area contributed by atoms with Crippen molar-refractivity contribution in [2.75, 3.05) is 23.8 Å². The van der Waals surface area contributed by atoms with Gasteiger partial charge in [-0.3, -0.25) is 4.79 Å². The number of carbonyl (C=O) groups excluding carboxylic acids is 1. The molecule has 0 aliphatic rings. The summed E-state index contributed by atoms with van der Waals surface area (Å²) in [5.41, 5.74) is 1.15. The van der Waals surface area contributed by atoms with Gasteiger partial charge in [0, 0.05) is 12.7 Å². The molecule has 0 radical (unpaired) electrons. The van der Waals surface area contributed by atoms with E-state index in [-0.39, 0.29) is 5.91 Å². The van der Waals surface area contributed by atoms with Crippen LogP contribution in [0.15, 0.2) is 42.6 Å². The average molecular weight is 285 g/mol. The van der Waals surface area contributed by atoms with E-state index in [0.717, 1.165) is 0 Å². The van der Waals surface area contributed by atoms with E-state index < -0.39 is 0 Å². The van der Waals surface area contributed by atoms with Gasteiger partial charge in [-0.1, -0.05) is 12.1 Å². The van der Waals surface area contributed by atoms with Crippen molar-refractivity contribution in [2.45, 2.75) is 13.8 Å². The molecule has 0 aliphatic carbocycles. The summed E-state index contributed by atoms with van der Waals surface area (Å²) < 4.78 is 5.51. The Morgan fingerprint density at radius 3 is 2.76 bits per heavy atom. The quantitative estimate of drug-likeness (QED) is 0.855. The molecular formula is C16H19N3O2. The smallest absolute Gasteiger partial charge is 0.259 e. The fourth-order valence-electron chi connectivity index (χ4n) is 1.94. The van der Waals surface area contributed by atoms with Crippen LogP contribution in [0.5, 0.6) is 5.75 Å². The Morgan fingerprint density at radius 2 is 2.00 bits per heavy atom. The molecule has 1 aromatic carbocycles. The molecule has 0 atom stereocenters. The van der Waals surface area contributed by atoms with Crippen molar-refractivity contribution in [3.05, 3.63) is 48.2 Å². The van der Waals surface area contributed by atoms with Crippen molar-refractivity contribution >= 4 is 17.4 Å². The standard InChI is InChI=1S/C16H19N3O2/c1-3-17-15-12(8-7-11-18-15)16(20)19-13-9-5-6-10-14(13)21-4-2/h5-11H,3-4H2,1-2H3,(H,17,18)(H,19,20). The highest BCUT2D eigenvalue weighted by Gasteiger charge is 2.13. The summed E-state index contributed by atoms with van der Waals surface area (Å²) in [5.74, 6) is 1.01. The number of aromatic nitrogens is 1. The Bertz CT molecular complexity index is 614. The zero-order chi connectivity index (χ0) is 15.1. The first-order chi connectivity index (χ1) is 10.3. The van der Waals surface area contributed by atoms with Crippen LogP contribution in [-0.4, -0.2) is 24.0 Å². The Labute approximate surface area is 124 Å². The van der Waals surface area contributed by atoms with Gasteiger partial charge in [-0.05, 0) is 38.1 Å². The summed E-state index contributed by atoms with van der Waals surface area (Å²) in [7, 11) is 0. The molecule has 110 valence electrons. The van der Waals surface area contributed by atoms with Crippen molar-refractivity contribution in [2.24, 2.45) is 0 Å². The number of anilines is 2. The highest BCUT2D eigenvalue weighted by atomic mass is 16.5. The molecule has 0 saturated carbocycles. The number of nitrogens with one attached hydrogen (secondary N) is 2. The summed E-state index contributed by atoms with van der Waals surface area (Å²) in [6.45, 7) is 5.11. The van der Waals surface area contributed by atoms with E-state index in [1.165, 1.54) is 0 Å². The number of para-hydroxylation sites is 2. The van der Waals surface area contributed by atoms with Crippen LogP contribution in [-0.2, 0) is 0 Å². The molecule has 0 unspecified atom stereocenters. The second-order valence-electron chi connectivity index (χ2n) is 4.31. The van der Waals surface area contributed by atoms with Gasteiger partial charge in [-0.2, -0.15) is 0 Å². The maximum absolute atomic E-state index is 12.4. The normalized spacial score (nSPS) is 10.0. The van der Waals surface area contributed by atoms with E-state index in [1.54, 1.807) is 18.3 Å². The molecule has 1 amide bonds. The molecule has 0 spiro atoms. The third-order valence-electron chi connectivity index (χ3n) is 2.83. The zero-order valence-corrected chi connectivity index (χ0v) is 12.2. The van der Waals surface area contributed by atoms with Gasteiger partial charge < -0.3 is 15.4 Å². The first-order valence-corrected chi connectivity index (χ1v) is 6.98. The van der Waals surface area contributed by atoms with Crippen molar-refractivity contribution in [1.29, 1.82) is 0 Å². The van der Waals surface area contributed by atoms with Crippen molar-refractivity contribution < 1.29 is 9.53 Å². The summed E-state index contributed by atoms with van der Waals surface area (Å²) in [6, 6.07) is 10.8. The molecule has 21 heavy (non-hydrogen) atoms. The summed E-state index contributed by atoms with van der Waals surface area (Å²) in [4.78, 5) is 16.6. The molecule has 2 rings (SSSR count). The minimum atomic E-state index is -0.216. The molecular weight excluding hydrogens is 266 g/mol. The van der Waals surface area contributed by atoms with Gasteiger partial charge in [0.15, 0.2) is 0 Å². The van der Waals surface area contributed by atoms with Gasteiger partial charge >= 0.3 is 0 Å². The van der Waals surface area contributed by atoms with E-state index in [9.17, 15) is 4.79 Å². The third-order valence-corrected chi connectivity index (χ3v) is 2.83. The predicted octanol–water partition coefficient (Wildman–Crippen LogP) is 3.16. The molecule has 0 saturated heterocycles. The van der Waals surface area contributed by atoms with Crippen LogP contribution in [0, 0.1) is 0 Å². The van der Waals surface area contributed by atoms with E-state index >= 15 is 0 Å². The Hall–Kier alpha value is -2.56. The SMILES string of the molecule is CCNc1ncccc1C(=O)Nc1ccccc1OCC. The summed E-state index contributed by atoms with van der Waals surface area (Å²) >= 11 is 0. The third kappa shape index (κ3) is 3.72. The predicted molar refractivity (Wildman–Crippen MR) is 84.0 cm³/mol. The topological polar surface area (TPSA) is 63.2 Å². The van der Waals surface area contributed by atoms with E-state index in [0.29, 0.717) is 36.0 Å². The Kier molecular flexibility index (Phi) is 5.15. The number of pyridine rings is 1. The number of carbonyl (C=O) groups is 1. The number of amides is 1. The monoisotopic (exact) mass is 285 g/mol. The second-order valence-corrected chi connectivity index (χ2v) is 4.31. The maximum Gasteiger partial charge on any atom is 0.259 e. The molecule has 0 aliphatic heterocycles. The molecule has 0 fully saturated rings. The molecule has 0 bridgehead atoms. The van der Waals surface area contributed by atoms with Crippen LogP contribution in [0.1, 0.15) is 24.2 Å². The van der Waals surface area contributed by atoms with Crippen LogP contribution in [0.2, 0.25) is 0 Å². The fraction of sp³-hybridized carbons (Fsp3) is 0.250. The molecule has 5 nitrogen and oxygen atoms in total. The lowest BCUT2D eigenvalue weighted by atomic mass is 10.2. The van der Waals surface area contributed by atoms with Gasteiger partial charge in [0.2, 0.25) is 0 Å². The second kappa shape index (κ2) is 7.28. The molecule has 5 heteroatoms. The number of benzene rings is 1. The van der Waals surface area contributed by atoms with E-state index in [2.05, 4.69) is 15.6 Å². The highest BCUT2D eigenvalue weighted by molar-refractivity contribution is 6.08. The van der Waals surface area contributed by atoms with Gasteiger partial charge in [0.25, 0.3) is 5.91 Å².